The molecule has 39 heavy (non-hydrogen) atoms. The zero-order chi connectivity index (χ0) is 25.8. The maximum Gasteiger partial charge on any atom is 0.0478 e. The molecule has 2 heterocycles. The summed E-state index contributed by atoms with van der Waals surface area (Å²) in [6.07, 6.45) is 0. The summed E-state index contributed by atoms with van der Waals surface area (Å²) in [5.41, 5.74) is 7.26. The van der Waals surface area contributed by atoms with E-state index in [2.05, 4.69) is 139 Å². The highest BCUT2D eigenvalue weighted by Gasteiger charge is 2.14. The molecule has 2 aromatic heterocycles. The van der Waals surface area contributed by atoms with Gasteiger partial charge in [-0.1, -0.05) is 84.9 Å². The van der Waals surface area contributed by atoms with Gasteiger partial charge in [0, 0.05) is 51.7 Å². The lowest BCUT2D eigenvalue weighted by Crippen LogP contribution is -1.90. The Balaban J connectivity index is 1.27. The molecular formula is C36H23NS2. The van der Waals surface area contributed by atoms with Gasteiger partial charge in [-0.25, -0.2) is 0 Å². The monoisotopic (exact) mass is 533 g/mol. The molecule has 0 unspecified atom stereocenters. The van der Waals surface area contributed by atoms with Gasteiger partial charge in [0.05, 0.1) is 0 Å². The number of thiophene rings is 2. The Morgan fingerprint density at radius 3 is 1.97 bits per heavy atom. The molecule has 0 amide bonds. The second-order valence-corrected chi connectivity index (χ2v) is 12.0. The van der Waals surface area contributed by atoms with Gasteiger partial charge < -0.3 is 5.32 Å². The van der Waals surface area contributed by atoms with Crippen LogP contribution in [0.5, 0.6) is 0 Å². The highest BCUT2D eigenvalue weighted by atomic mass is 32.1. The van der Waals surface area contributed by atoms with Crippen molar-refractivity contribution in [3.8, 4) is 22.3 Å². The van der Waals surface area contributed by atoms with Crippen molar-refractivity contribution >= 4 is 74.4 Å². The van der Waals surface area contributed by atoms with E-state index in [0.717, 1.165) is 11.4 Å². The van der Waals surface area contributed by atoms with Crippen LogP contribution >= 0.6 is 22.7 Å². The molecule has 1 N–H and O–H groups in total. The van der Waals surface area contributed by atoms with Crippen LogP contribution in [0.2, 0.25) is 0 Å². The van der Waals surface area contributed by atoms with E-state index in [0.29, 0.717) is 0 Å². The summed E-state index contributed by atoms with van der Waals surface area (Å²) in [4.78, 5) is 0. The second-order valence-electron chi connectivity index (χ2n) is 9.84. The molecule has 0 bridgehead atoms. The van der Waals surface area contributed by atoms with E-state index in [-0.39, 0.29) is 0 Å². The third-order valence-corrected chi connectivity index (χ3v) is 9.73. The summed E-state index contributed by atoms with van der Waals surface area (Å²) in [7, 11) is 0. The number of nitrogens with one attached hydrogen (secondary N) is 1. The first kappa shape index (κ1) is 22.5. The quantitative estimate of drug-likeness (QED) is 0.237. The average Bonchev–Trinajstić information content (AvgIpc) is 3.56. The van der Waals surface area contributed by atoms with Crippen LogP contribution < -0.4 is 5.32 Å². The van der Waals surface area contributed by atoms with E-state index in [1.165, 1.54) is 62.6 Å². The first-order valence-electron chi connectivity index (χ1n) is 13.1. The number of hydrogen-bond donors (Lipinski definition) is 1. The van der Waals surface area contributed by atoms with Gasteiger partial charge >= 0.3 is 0 Å². The lowest BCUT2D eigenvalue weighted by molar-refractivity contribution is 1.61. The van der Waals surface area contributed by atoms with Crippen LogP contribution in [-0.4, -0.2) is 0 Å². The number of hydrogen-bond acceptors (Lipinski definition) is 3. The van der Waals surface area contributed by atoms with Gasteiger partial charge in [0.1, 0.15) is 0 Å². The zero-order valence-electron chi connectivity index (χ0n) is 21.0. The Hall–Kier alpha value is -4.44. The van der Waals surface area contributed by atoms with Crippen LogP contribution in [0.25, 0.3) is 62.6 Å². The van der Waals surface area contributed by atoms with Crippen molar-refractivity contribution in [3.05, 3.63) is 133 Å². The molecule has 8 aromatic rings. The third-order valence-electron chi connectivity index (χ3n) is 7.46. The molecule has 0 aliphatic rings. The summed E-state index contributed by atoms with van der Waals surface area (Å²) in [5.74, 6) is 0. The van der Waals surface area contributed by atoms with Crippen molar-refractivity contribution in [2.24, 2.45) is 0 Å². The van der Waals surface area contributed by atoms with Crippen molar-refractivity contribution in [1.82, 2.24) is 0 Å². The first-order valence-corrected chi connectivity index (χ1v) is 14.7. The van der Waals surface area contributed by atoms with E-state index >= 15 is 0 Å². The van der Waals surface area contributed by atoms with Crippen LogP contribution in [0.1, 0.15) is 0 Å². The normalized spacial score (nSPS) is 11.6. The minimum Gasteiger partial charge on any atom is -0.355 e. The predicted octanol–water partition coefficient (Wildman–Crippen LogP) is 11.5. The predicted molar refractivity (Wildman–Crippen MR) is 173 cm³/mol. The van der Waals surface area contributed by atoms with Gasteiger partial charge in [-0.15, -0.1) is 22.7 Å². The van der Waals surface area contributed by atoms with Crippen molar-refractivity contribution in [2.75, 3.05) is 5.32 Å². The highest BCUT2D eigenvalue weighted by molar-refractivity contribution is 7.26. The Kier molecular flexibility index (Phi) is 5.25. The van der Waals surface area contributed by atoms with Crippen molar-refractivity contribution in [2.45, 2.75) is 0 Å². The van der Waals surface area contributed by atoms with E-state index in [1.807, 2.05) is 22.7 Å². The van der Waals surface area contributed by atoms with Crippen LogP contribution in [-0.2, 0) is 0 Å². The van der Waals surface area contributed by atoms with Crippen molar-refractivity contribution < 1.29 is 0 Å². The maximum absolute atomic E-state index is 3.77. The molecule has 0 saturated heterocycles. The SMILES string of the molecule is c1ccc(-c2cccc(-c3cccc4sc5ccc(Nc6cccc7sc8ccccc8c67)cc5c34)c2)cc1. The van der Waals surface area contributed by atoms with Gasteiger partial charge in [0.2, 0.25) is 0 Å². The molecule has 0 aliphatic carbocycles. The molecule has 1 nitrogen and oxygen atoms in total. The van der Waals surface area contributed by atoms with E-state index in [4.69, 9.17) is 0 Å². The summed E-state index contributed by atoms with van der Waals surface area (Å²) < 4.78 is 5.25. The molecule has 0 atom stereocenters. The fourth-order valence-electron chi connectivity index (χ4n) is 5.68. The lowest BCUT2D eigenvalue weighted by Gasteiger charge is -2.10. The van der Waals surface area contributed by atoms with Crippen molar-refractivity contribution in [1.29, 1.82) is 0 Å². The number of anilines is 2. The van der Waals surface area contributed by atoms with Gasteiger partial charge in [0.15, 0.2) is 0 Å². The molecule has 0 saturated carbocycles. The zero-order valence-corrected chi connectivity index (χ0v) is 22.7. The maximum atomic E-state index is 3.77. The Labute approximate surface area is 234 Å². The van der Waals surface area contributed by atoms with Crippen LogP contribution in [0.15, 0.2) is 133 Å². The van der Waals surface area contributed by atoms with Crippen LogP contribution in [0.3, 0.4) is 0 Å². The molecular weight excluding hydrogens is 511 g/mol. The van der Waals surface area contributed by atoms with E-state index in [9.17, 15) is 0 Å². The van der Waals surface area contributed by atoms with Crippen molar-refractivity contribution in [3.63, 3.8) is 0 Å². The van der Waals surface area contributed by atoms with E-state index < -0.39 is 0 Å². The van der Waals surface area contributed by atoms with Gasteiger partial charge in [0.25, 0.3) is 0 Å². The van der Waals surface area contributed by atoms with Gasteiger partial charge in [-0.05, 0) is 70.8 Å². The fraction of sp³-hybridized carbons (Fsp3) is 0. The topological polar surface area (TPSA) is 12.0 Å². The van der Waals surface area contributed by atoms with Crippen LogP contribution in [0.4, 0.5) is 11.4 Å². The van der Waals surface area contributed by atoms with Crippen LogP contribution in [0, 0.1) is 0 Å². The van der Waals surface area contributed by atoms with E-state index in [1.54, 1.807) is 0 Å². The summed E-state index contributed by atoms with van der Waals surface area (Å²) in [6.45, 7) is 0. The number of benzene rings is 6. The minimum absolute atomic E-state index is 1.11. The summed E-state index contributed by atoms with van der Waals surface area (Å²) >= 11 is 3.72. The second kappa shape index (κ2) is 9.09. The number of fused-ring (bicyclic) bond motifs is 6. The molecule has 8 rings (SSSR count). The molecule has 6 aromatic carbocycles. The molecule has 0 spiro atoms. The fourth-order valence-corrected chi connectivity index (χ4v) is 7.92. The Morgan fingerprint density at radius 2 is 1.08 bits per heavy atom. The molecule has 184 valence electrons. The Bertz CT molecular complexity index is 2150. The standard InChI is InChI=1S/C36H23NS2/c1-2-9-23(10-3-1)24-11-6-12-25(21-24)27-14-7-17-33-35(27)29-22-26(19-20-32(29)39-33)37-30-15-8-18-34-36(30)28-13-4-5-16-31(28)38-34/h1-22,37H. The van der Waals surface area contributed by atoms with Gasteiger partial charge in [-0.2, -0.15) is 0 Å². The minimum atomic E-state index is 1.11. The molecule has 0 fully saturated rings. The van der Waals surface area contributed by atoms with Gasteiger partial charge in [-0.3, -0.25) is 0 Å². The highest BCUT2D eigenvalue weighted by Crippen LogP contribution is 2.43. The lowest BCUT2D eigenvalue weighted by atomic mass is 9.96. The smallest absolute Gasteiger partial charge is 0.0478 e. The first-order chi connectivity index (χ1) is 19.3. The molecule has 3 heteroatoms. The average molecular weight is 534 g/mol. The summed E-state index contributed by atoms with van der Waals surface area (Å²) in [5, 5.41) is 9.00. The molecule has 0 aliphatic heterocycles. The number of rotatable bonds is 4. The Morgan fingerprint density at radius 1 is 0.410 bits per heavy atom. The largest absolute Gasteiger partial charge is 0.355 e. The molecule has 0 radical (unpaired) electrons. The third kappa shape index (κ3) is 3.82. The summed E-state index contributed by atoms with van der Waals surface area (Å²) in [6, 6.07) is 48.3.